The second-order valence-corrected chi connectivity index (χ2v) is 1.57. The third-order valence-corrected chi connectivity index (χ3v) is 0.463. The number of hydrogen-bond acceptors (Lipinski definition) is 4. The largest absolute Gasteiger partial charge is 2.00 e. The number of rotatable bonds is 0. The maximum Gasteiger partial charge on any atom is 2.00 e. The number of hydrogen-bond donors (Lipinski definition) is 0. The Balaban J connectivity index is -0.0000000327. The van der Waals surface area contributed by atoms with Crippen LogP contribution in [-0.4, -0.2) is 40.7 Å². The average Bonchev–Trinajstić information content (AvgIpc) is 1.83. The van der Waals surface area contributed by atoms with E-state index in [4.69, 9.17) is 19.8 Å². The number of alkyl halides is 6. The Labute approximate surface area is 105 Å². The van der Waals surface area contributed by atoms with Gasteiger partial charge in [0.2, 0.25) is 0 Å². The summed E-state index contributed by atoms with van der Waals surface area (Å²) in [6, 6.07) is 0. The van der Waals surface area contributed by atoms with Gasteiger partial charge in [-0.15, -0.1) is 0 Å². The topological polar surface area (TPSA) is 175 Å². The molecule has 0 aliphatic rings. The van der Waals surface area contributed by atoms with E-state index < -0.39 is 24.3 Å². The molecule has 0 bridgehead atoms. The molecule has 18 heavy (non-hydrogen) atoms. The third-order valence-electron chi connectivity index (χ3n) is 0.463. The predicted octanol–water partition coefficient (Wildman–Crippen LogP) is -3.88. The number of halogens is 6. The van der Waals surface area contributed by atoms with Crippen LogP contribution in [0.25, 0.3) is 0 Å². The molecule has 14 heteroatoms. The normalized spacial score (nSPS) is 8.78. The van der Waals surface area contributed by atoms with Crippen LogP contribution in [0.3, 0.4) is 0 Å². The molecular formula is C4H6CuF6O7. The van der Waals surface area contributed by atoms with Crippen molar-refractivity contribution in [1.82, 2.24) is 0 Å². The van der Waals surface area contributed by atoms with E-state index in [2.05, 4.69) is 0 Å². The van der Waals surface area contributed by atoms with Gasteiger partial charge in [-0.1, -0.05) is 0 Å². The van der Waals surface area contributed by atoms with Gasteiger partial charge in [0, 0.05) is 0 Å². The van der Waals surface area contributed by atoms with Gasteiger partial charge in [-0.2, -0.15) is 26.3 Å². The van der Waals surface area contributed by atoms with Crippen molar-refractivity contribution in [1.29, 1.82) is 0 Å². The summed E-state index contributed by atoms with van der Waals surface area (Å²) in [7, 11) is 0. The van der Waals surface area contributed by atoms with E-state index in [1.165, 1.54) is 0 Å². The van der Waals surface area contributed by atoms with Gasteiger partial charge in [0.25, 0.3) is 0 Å². The van der Waals surface area contributed by atoms with Gasteiger partial charge in [0.15, 0.2) is 0 Å². The molecule has 0 aromatic carbocycles. The first-order chi connectivity index (χ1) is 5.89. The van der Waals surface area contributed by atoms with Crippen LogP contribution >= 0.6 is 0 Å². The molecule has 0 heterocycles. The minimum atomic E-state index is -5.19. The number of carboxylic acid groups (broad SMARTS) is 2. The van der Waals surface area contributed by atoms with Crippen molar-refractivity contribution in [3.05, 3.63) is 0 Å². The first-order valence-electron chi connectivity index (χ1n) is 2.45. The fourth-order valence-corrected chi connectivity index (χ4v) is 0. The molecule has 0 saturated carbocycles. The molecule has 0 atom stereocenters. The van der Waals surface area contributed by atoms with E-state index in [9.17, 15) is 26.3 Å². The summed E-state index contributed by atoms with van der Waals surface area (Å²) >= 11 is 0. The molecule has 0 rings (SSSR count). The predicted molar refractivity (Wildman–Crippen MR) is 33.0 cm³/mol. The Bertz CT molecular complexity index is 201. The summed E-state index contributed by atoms with van der Waals surface area (Å²) < 4.78 is 63.1. The molecule has 0 aromatic rings. The van der Waals surface area contributed by atoms with Gasteiger partial charge in [-0.05, 0) is 0 Å². The van der Waals surface area contributed by atoms with Gasteiger partial charge < -0.3 is 36.2 Å². The monoisotopic (exact) mass is 343 g/mol. The van der Waals surface area contributed by atoms with Gasteiger partial charge in [-0.3, -0.25) is 0 Å². The molecule has 0 unspecified atom stereocenters. The average molecular weight is 344 g/mol. The zero-order valence-corrected chi connectivity index (χ0v) is 8.64. The molecule has 117 valence electrons. The summed E-state index contributed by atoms with van der Waals surface area (Å²) in [6.45, 7) is 0. The van der Waals surface area contributed by atoms with Gasteiger partial charge in [0.1, 0.15) is 11.9 Å². The Morgan fingerprint density at radius 3 is 0.722 bits per heavy atom. The van der Waals surface area contributed by atoms with Crippen molar-refractivity contribution < 1.29 is 79.6 Å². The van der Waals surface area contributed by atoms with Crippen LogP contribution in [0, 0.1) is 0 Å². The van der Waals surface area contributed by atoms with Crippen molar-refractivity contribution in [2.75, 3.05) is 0 Å². The first-order valence-corrected chi connectivity index (χ1v) is 2.45. The summed E-state index contributed by atoms with van der Waals surface area (Å²) in [5.74, 6) is -6.01. The van der Waals surface area contributed by atoms with Gasteiger partial charge in [0.05, 0.1) is 0 Å². The molecule has 0 aliphatic heterocycles. The SMILES string of the molecule is O.O.O.O=C([O-])C(F)(F)F.O=C([O-])C(F)(F)F.[Cu+2]. The molecular weight excluding hydrogens is 338 g/mol. The smallest absolute Gasteiger partial charge is 0.542 e. The second-order valence-electron chi connectivity index (χ2n) is 1.57. The van der Waals surface area contributed by atoms with Crippen LogP contribution in [0.2, 0.25) is 0 Å². The van der Waals surface area contributed by atoms with E-state index in [1.807, 2.05) is 0 Å². The maximum atomic E-state index is 10.5. The van der Waals surface area contributed by atoms with Crippen LogP contribution in [0.4, 0.5) is 26.3 Å². The Hall–Kier alpha value is -1.08. The zero-order chi connectivity index (χ0) is 12.2. The van der Waals surface area contributed by atoms with Crippen molar-refractivity contribution in [3.63, 3.8) is 0 Å². The summed E-state index contributed by atoms with van der Waals surface area (Å²) in [5, 5.41) is 17.6. The molecule has 0 spiro atoms. The van der Waals surface area contributed by atoms with E-state index in [-0.39, 0.29) is 33.5 Å². The number of carboxylic acids is 2. The molecule has 0 aliphatic carbocycles. The molecule has 0 aromatic heterocycles. The van der Waals surface area contributed by atoms with Gasteiger partial charge >= 0.3 is 29.4 Å². The van der Waals surface area contributed by atoms with Crippen LogP contribution in [0.5, 0.6) is 0 Å². The quantitative estimate of drug-likeness (QED) is 0.323. The standard InChI is InChI=1S/2C2HF3O2.Cu.3H2O/c2*3-2(4,5)1(6)7;;;;/h2*(H,6,7);;3*1H2/q;;+2;;;/p-2. The molecule has 0 fully saturated rings. The van der Waals surface area contributed by atoms with Crippen LogP contribution in [0.1, 0.15) is 0 Å². The maximum absolute atomic E-state index is 10.5. The van der Waals surface area contributed by atoms with Gasteiger partial charge in [-0.25, -0.2) is 0 Å². The van der Waals surface area contributed by atoms with Crippen LogP contribution in [0.15, 0.2) is 0 Å². The van der Waals surface area contributed by atoms with E-state index in [0.717, 1.165) is 0 Å². The minimum Gasteiger partial charge on any atom is -0.542 e. The number of carbonyl (C=O) groups excluding carboxylic acids is 2. The van der Waals surface area contributed by atoms with Crippen molar-refractivity contribution >= 4 is 11.9 Å². The molecule has 7 nitrogen and oxygen atoms in total. The number of carbonyl (C=O) groups is 2. The van der Waals surface area contributed by atoms with Crippen molar-refractivity contribution in [3.8, 4) is 0 Å². The summed E-state index contributed by atoms with van der Waals surface area (Å²) in [6.07, 6.45) is -10.4. The third kappa shape index (κ3) is 24.2. The van der Waals surface area contributed by atoms with E-state index >= 15 is 0 Å². The van der Waals surface area contributed by atoms with Crippen LogP contribution in [-0.2, 0) is 26.7 Å². The Morgan fingerprint density at radius 2 is 0.722 bits per heavy atom. The second kappa shape index (κ2) is 12.4. The fourth-order valence-electron chi connectivity index (χ4n) is 0. The summed E-state index contributed by atoms with van der Waals surface area (Å²) in [4.78, 5) is 17.6. The number of aliphatic carboxylic acids is 2. The van der Waals surface area contributed by atoms with E-state index in [0.29, 0.717) is 0 Å². The van der Waals surface area contributed by atoms with E-state index in [1.54, 1.807) is 0 Å². The molecule has 1 radical (unpaired) electrons. The Morgan fingerprint density at radius 1 is 0.667 bits per heavy atom. The molecule has 0 saturated heterocycles. The van der Waals surface area contributed by atoms with Crippen LogP contribution < -0.4 is 10.2 Å². The summed E-state index contributed by atoms with van der Waals surface area (Å²) in [5.41, 5.74) is 0. The fraction of sp³-hybridized carbons (Fsp3) is 0.500. The molecule has 6 N–H and O–H groups in total. The minimum absolute atomic E-state index is 0. The first kappa shape index (κ1) is 36.0. The zero-order valence-electron chi connectivity index (χ0n) is 7.70. The van der Waals surface area contributed by atoms with Crippen molar-refractivity contribution in [2.24, 2.45) is 0 Å². The Kier molecular flexibility index (Phi) is 24.7. The van der Waals surface area contributed by atoms with Crippen molar-refractivity contribution in [2.45, 2.75) is 12.4 Å². The molecule has 0 amide bonds.